The summed E-state index contributed by atoms with van der Waals surface area (Å²) in [5.41, 5.74) is 1.75. The predicted molar refractivity (Wildman–Crippen MR) is 180 cm³/mol. The van der Waals surface area contributed by atoms with Crippen LogP contribution in [0.1, 0.15) is 50.7 Å². The van der Waals surface area contributed by atoms with Gasteiger partial charge < -0.3 is 34.9 Å². The molecule has 2 atom stereocenters. The molecule has 1 aromatic heterocycles. The van der Waals surface area contributed by atoms with Gasteiger partial charge in [-0.05, 0) is 55.2 Å². The molecule has 0 bridgehead atoms. The highest BCUT2D eigenvalue weighted by Gasteiger charge is 2.28. The number of hydrogen-bond donors (Lipinski definition) is 4. The van der Waals surface area contributed by atoms with Crippen molar-refractivity contribution in [3.05, 3.63) is 78.1 Å². The van der Waals surface area contributed by atoms with Gasteiger partial charge in [0.2, 0.25) is 0 Å². The Balaban J connectivity index is 1.38. The molecule has 2 unspecified atom stereocenters. The predicted octanol–water partition coefficient (Wildman–Crippen LogP) is 7.32. The summed E-state index contributed by atoms with van der Waals surface area (Å²) in [6, 6.07) is 17.1. The van der Waals surface area contributed by atoms with Crippen LogP contribution in [-0.2, 0) is 10.2 Å². The van der Waals surface area contributed by atoms with Crippen LogP contribution in [0.4, 0.5) is 26.7 Å². The summed E-state index contributed by atoms with van der Waals surface area (Å²) in [6.45, 7) is 10.8. The lowest BCUT2D eigenvalue weighted by molar-refractivity contribution is -0.0587. The third kappa shape index (κ3) is 7.72. The number of aromatic nitrogens is 1. The Labute approximate surface area is 273 Å². The van der Waals surface area contributed by atoms with Crippen LogP contribution in [0.15, 0.2) is 66.9 Å². The molecule has 12 heteroatoms. The maximum atomic E-state index is 13.3. The van der Waals surface area contributed by atoms with E-state index in [2.05, 4.69) is 20.9 Å². The number of ether oxygens (including phenoxy) is 3. The highest BCUT2D eigenvalue weighted by Crippen LogP contribution is 2.39. The number of fused-ring (bicyclic) bond motifs is 1. The number of hydrogen-bond acceptors (Lipinski definition) is 7. The van der Waals surface area contributed by atoms with Gasteiger partial charge in [-0.25, -0.2) is 9.59 Å². The first-order chi connectivity index (χ1) is 22.3. The number of pyridine rings is 1. The van der Waals surface area contributed by atoms with Crippen molar-refractivity contribution in [1.29, 1.82) is 0 Å². The number of urea groups is 1. The van der Waals surface area contributed by atoms with Gasteiger partial charge in [-0.2, -0.15) is 0 Å². The Morgan fingerprint density at radius 3 is 2.17 bits per heavy atom. The molecule has 0 spiro atoms. The zero-order chi connectivity index (χ0) is 33.9. The minimum Gasteiger partial charge on any atom is -0.492 e. The standard InChI is InChI=1S/C35H39N5O7/c1-20-18-40(19-21(2)46-20)32(41)29-17-23(13-14-36-29)47-30-12-11-26(24-9-7-8-10-25(24)30)37-33(42)38-27-15-22(35(3,4)5)16-28(31(27)45-6)39-34(43)44/h7-17,20-21,39H,18-19H2,1-6H3,(H,43,44)(H2,37,38,42). The van der Waals surface area contributed by atoms with Gasteiger partial charge in [0, 0.05) is 36.1 Å². The molecule has 0 radical (unpaired) electrons. The lowest BCUT2D eigenvalue weighted by Crippen LogP contribution is -2.48. The summed E-state index contributed by atoms with van der Waals surface area (Å²) in [5, 5.41) is 18.9. The minimum atomic E-state index is -1.26. The Kier molecular flexibility index (Phi) is 9.52. The molecule has 5 rings (SSSR count). The zero-order valence-electron chi connectivity index (χ0n) is 27.2. The summed E-state index contributed by atoms with van der Waals surface area (Å²) in [5.74, 6) is 0.951. The van der Waals surface area contributed by atoms with Crippen molar-refractivity contribution in [2.45, 2.75) is 52.2 Å². The number of carbonyl (C=O) groups is 3. The maximum Gasteiger partial charge on any atom is 0.409 e. The van der Waals surface area contributed by atoms with E-state index in [0.717, 1.165) is 10.9 Å². The second-order valence-electron chi connectivity index (χ2n) is 12.5. The molecule has 1 fully saturated rings. The molecule has 0 aliphatic carbocycles. The number of benzene rings is 3. The normalized spacial score (nSPS) is 16.3. The number of nitrogens with one attached hydrogen (secondary N) is 3. The van der Waals surface area contributed by atoms with Crippen LogP contribution < -0.4 is 25.4 Å². The Morgan fingerprint density at radius 2 is 1.53 bits per heavy atom. The Hall–Kier alpha value is -5.36. The molecule has 1 saturated heterocycles. The fraction of sp³-hybridized carbons (Fsp3) is 0.314. The van der Waals surface area contributed by atoms with E-state index in [1.54, 1.807) is 47.5 Å². The number of nitrogens with zero attached hydrogens (tertiary/aromatic N) is 2. The molecular formula is C35H39N5O7. The summed E-state index contributed by atoms with van der Waals surface area (Å²) < 4.78 is 17.5. The van der Waals surface area contributed by atoms with E-state index < -0.39 is 12.1 Å². The molecule has 47 heavy (non-hydrogen) atoms. The largest absolute Gasteiger partial charge is 0.492 e. The smallest absolute Gasteiger partial charge is 0.409 e. The van der Waals surface area contributed by atoms with Crippen molar-refractivity contribution in [2.75, 3.05) is 36.1 Å². The number of morpholine rings is 1. The molecule has 246 valence electrons. The number of amides is 4. The molecule has 4 aromatic rings. The molecule has 0 saturated carbocycles. The molecule has 2 heterocycles. The monoisotopic (exact) mass is 641 g/mol. The van der Waals surface area contributed by atoms with E-state index in [1.807, 2.05) is 58.9 Å². The van der Waals surface area contributed by atoms with E-state index >= 15 is 0 Å². The molecule has 1 aliphatic heterocycles. The second-order valence-corrected chi connectivity index (χ2v) is 12.5. The minimum absolute atomic E-state index is 0.0650. The van der Waals surface area contributed by atoms with Crippen molar-refractivity contribution in [1.82, 2.24) is 9.88 Å². The van der Waals surface area contributed by atoms with Crippen LogP contribution in [0.5, 0.6) is 17.2 Å². The van der Waals surface area contributed by atoms with Crippen LogP contribution in [0, 0.1) is 0 Å². The molecule has 1 aliphatic rings. The average Bonchev–Trinajstić information content (AvgIpc) is 3.00. The van der Waals surface area contributed by atoms with Crippen molar-refractivity contribution in [3.63, 3.8) is 0 Å². The number of rotatable bonds is 7. The molecule has 12 nitrogen and oxygen atoms in total. The topological polar surface area (TPSA) is 151 Å². The van der Waals surface area contributed by atoms with E-state index in [-0.39, 0.29) is 40.7 Å². The van der Waals surface area contributed by atoms with Crippen molar-refractivity contribution in [3.8, 4) is 17.2 Å². The van der Waals surface area contributed by atoms with E-state index in [0.29, 0.717) is 41.3 Å². The first-order valence-electron chi connectivity index (χ1n) is 15.2. The number of methoxy groups -OCH3 is 1. The van der Waals surface area contributed by atoms with Crippen molar-refractivity contribution >= 4 is 45.9 Å². The first-order valence-corrected chi connectivity index (χ1v) is 15.2. The highest BCUT2D eigenvalue weighted by atomic mass is 16.5. The number of anilines is 3. The Morgan fingerprint density at radius 1 is 0.894 bits per heavy atom. The summed E-state index contributed by atoms with van der Waals surface area (Å²) in [6.07, 6.45) is 0.155. The van der Waals surface area contributed by atoms with Gasteiger partial charge in [0.1, 0.15) is 17.2 Å². The van der Waals surface area contributed by atoms with Gasteiger partial charge in [-0.1, -0.05) is 45.0 Å². The summed E-state index contributed by atoms with van der Waals surface area (Å²) in [4.78, 5) is 44.1. The molecular weight excluding hydrogens is 602 g/mol. The number of carbonyl (C=O) groups excluding carboxylic acids is 2. The van der Waals surface area contributed by atoms with Crippen LogP contribution in [0.25, 0.3) is 10.8 Å². The van der Waals surface area contributed by atoms with E-state index in [1.165, 1.54) is 7.11 Å². The fourth-order valence-corrected chi connectivity index (χ4v) is 5.55. The van der Waals surface area contributed by atoms with Crippen LogP contribution in [-0.4, -0.2) is 65.4 Å². The SMILES string of the molecule is COc1c(NC(=O)O)cc(C(C)(C)C)cc1NC(=O)Nc1ccc(Oc2ccnc(C(=O)N3CC(C)OC(C)C3)c2)c2ccccc12. The van der Waals surface area contributed by atoms with Gasteiger partial charge >= 0.3 is 12.1 Å². The molecule has 3 aromatic carbocycles. The van der Waals surface area contributed by atoms with Crippen LogP contribution in [0.3, 0.4) is 0 Å². The maximum absolute atomic E-state index is 13.3. The van der Waals surface area contributed by atoms with E-state index in [9.17, 15) is 19.5 Å². The lowest BCUT2D eigenvalue weighted by atomic mass is 9.86. The zero-order valence-corrected chi connectivity index (χ0v) is 27.2. The third-order valence-electron chi connectivity index (χ3n) is 7.67. The fourth-order valence-electron chi connectivity index (χ4n) is 5.55. The lowest BCUT2D eigenvalue weighted by Gasteiger charge is -2.35. The molecule has 4 amide bonds. The van der Waals surface area contributed by atoms with Crippen LogP contribution >= 0.6 is 0 Å². The number of carboxylic acid groups (broad SMARTS) is 1. The van der Waals surface area contributed by atoms with Crippen LogP contribution in [0.2, 0.25) is 0 Å². The van der Waals surface area contributed by atoms with Gasteiger partial charge in [0.15, 0.2) is 5.75 Å². The van der Waals surface area contributed by atoms with Gasteiger partial charge in [-0.15, -0.1) is 0 Å². The summed E-state index contributed by atoms with van der Waals surface area (Å²) in [7, 11) is 1.40. The van der Waals surface area contributed by atoms with Crippen molar-refractivity contribution < 1.29 is 33.7 Å². The Bertz CT molecular complexity index is 1810. The highest BCUT2D eigenvalue weighted by molar-refractivity contribution is 6.08. The third-order valence-corrected chi connectivity index (χ3v) is 7.67. The summed E-state index contributed by atoms with van der Waals surface area (Å²) >= 11 is 0. The first kappa shape index (κ1) is 33.0. The van der Waals surface area contributed by atoms with Gasteiger partial charge in [-0.3, -0.25) is 15.1 Å². The van der Waals surface area contributed by atoms with Crippen molar-refractivity contribution in [2.24, 2.45) is 0 Å². The average molecular weight is 642 g/mol. The second kappa shape index (κ2) is 13.6. The van der Waals surface area contributed by atoms with E-state index in [4.69, 9.17) is 14.2 Å². The van der Waals surface area contributed by atoms with Gasteiger partial charge in [0.05, 0.1) is 36.4 Å². The van der Waals surface area contributed by atoms with Gasteiger partial charge in [0.25, 0.3) is 5.91 Å². The molecule has 4 N–H and O–H groups in total. The quantitative estimate of drug-likeness (QED) is 0.164.